The van der Waals surface area contributed by atoms with Gasteiger partial charge in [-0.15, -0.1) is 0 Å². The number of carbonyl (C=O) groups is 1. The zero-order chi connectivity index (χ0) is 17.1. The molecule has 24 heavy (non-hydrogen) atoms. The number of hydrogen-bond acceptors (Lipinski definition) is 5. The summed E-state index contributed by atoms with van der Waals surface area (Å²) in [6.45, 7) is 2.22. The molecule has 2 aromatic rings. The Bertz CT molecular complexity index is 746. The maximum absolute atomic E-state index is 11.8. The van der Waals surface area contributed by atoms with Crippen LogP contribution in [-0.2, 0) is 6.61 Å². The molecule has 1 aromatic carbocycles. The van der Waals surface area contributed by atoms with E-state index in [0.717, 1.165) is 34.5 Å². The first-order chi connectivity index (χ1) is 11.6. The predicted molar refractivity (Wildman–Crippen MR) is 91.1 cm³/mol. The van der Waals surface area contributed by atoms with Gasteiger partial charge in [-0.25, -0.2) is 26.5 Å². The van der Waals surface area contributed by atoms with E-state index in [-0.39, 0.29) is 6.61 Å². The Morgan fingerprint density at radius 3 is 2.83 bits per heavy atom. The van der Waals surface area contributed by atoms with Crippen LogP contribution < -0.4 is 26.9 Å². The Morgan fingerprint density at radius 2 is 2.17 bits per heavy atom. The van der Waals surface area contributed by atoms with Crippen molar-refractivity contribution in [2.45, 2.75) is 32.3 Å². The second kappa shape index (κ2) is 6.86. The molecule has 1 fully saturated rings. The summed E-state index contributed by atoms with van der Waals surface area (Å²) < 4.78 is 5.89. The number of rotatable bonds is 5. The number of anilines is 1. The average Bonchev–Trinajstić information content (AvgIpc) is 3.44. The first-order valence-electron chi connectivity index (χ1n) is 7.83. The summed E-state index contributed by atoms with van der Waals surface area (Å²) in [4.78, 5) is 16.0. The van der Waals surface area contributed by atoms with Crippen molar-refractivity contribution in [3.8, 4) is 5.88 Å². The number of carbonyl (C=O) groups excluding carboxylic acids is 1. The molecule has 2 amide bonds. The molecule has 0 saturated heterocycles. The molecular formula is C17H21N5O2. The van der Waals surface area contributed by atoms with Crippen molar-refractivity contribution < 1.29 is 9.53 Å². The lowest BCUT2D eigenvalue weighted by atomic mass is 10.0. The summed E-state index contributed by atoms with van der Waals surface area (Å²) in [5.41, 5.74) is 5.62. The molecule has 1 aliphatic rings. The summed E-state index contributed by atoms with van der Waals surface area (Å²) in [6.07, 6.45) is 3.95. The van der Waals surface area contributed by atoms with Crippen LogP contribution >= 0.6 is 0 Å². The lowest BCUT2D eigenvalue weighted by Crippen LogP contribution is -2.48. The van der Waals surface area contributed by atoms with E-state index in [9.17, 15) is 4.79 Å². The smallest absolute Gasteiger partial charge is 0.350 e. The summed E-state index contributed by atoms with van der Waals surface area (Å²) >= 11 is 0. The zero-order valence-corrected chi connectivity index (χ0v) is 13.5. The topological polar surface area (TPSA) is 106 Å². The molecule has 126 valence electrons. The molecule has 1 heterocycles. The number of hydrazine groups is 2. The minimum absolute atomic E-state index is 0.283. The number of pyridine rings is 1. The van der Waals surface area contributed by atoms with Gasteiger partial charge in [0.2, 0.25) is 5.88 Å². The monoisotopic (exact) mass is 327 g/mol. The van der Waals surface area contributed by atoms with Crippen LogP contribution in [0.25, 0.3) is 0 Å². The van der Waals surface area contributed by atoms with Crippen molar-refractivity contribution in [1.82, 2.24) is 10.4 Å². The number of nitrogens with two attached hydrogens (primary N) is 2. The number of nitrogens with zero attached hydrogens (tertiary/aromatic N) is 2. The van der Waals surface area contributed by atoms with Gasteiger partial charge in [0, 0.05) is 17.3 Å². The van der Waals surface area contributed by atoms with Gasteiger partial charge in [0.25, 0.3) is 0 Å². The van der Waals surface area contributed by atoms with E-state index in [1.807, 2.05) is 30.5 Å². The van der Waals surface area contributed by atoms with Crippen molar-refractivity contribution in [1.29, 1.82) is 0 Å². The van der Waals surface area contributed by atoms with Crippen molar-refractivity contribution >= 4 is 11.7 Å². The van der Waals surface area contributed by atoms with Crippen LogP contribution in [0.2, 0.25) is 0 Å². The predicted octanol–water partition coefficient (Wildman–Crippen LogP) is 2.11. The van der Waals surface area contributed by atoms with E-state index in [1.54, 1.807) is 12.3 Å². The third-order valence-electron chi connectivity index (χ3n) is 4.12. The number of nitrogens with one attached hydrogen (secondary N) is 1. The van der Waals surface area contributed by atoms with E-state index < -0.39 is 6.03 Å². The molecule has 3 rings (SSSR count). The molecule has 1 saturated carbocycles. The van der Waals surface area contributed by atoms with Gasteiger partial charge in [-0.05, 0) is 43.4 Å². The second-order valence-corrected chi connectivity index (χ2v) is 5.85. The number of aryl methyl sites for hydroxylation is 1. The fourth-order valence-electron chi connectivity index (χ4n) is 2.69. The zero-order valence-electron chi connectivity index (χ0n) is 13.5. The molecule has 5 N–H and O–H groups in total. The lowest BCUT2D eigenvalue weighted by Gasteiger charge is -2.22. The first-order valence-corrected chi connectivity index (χ1v) is 7.83. The SMILES string of the molecule is Cc1cccnc1OCc1c(C2CC2)cccc1N(N)C(=O)NN. The molecule has 7 nitrogen and oxygen atoms in total. The molecule has 0 radical (unpaired) electrons. The van der Waals surface area contributed by atoms with Crippen molar-refractivity contribution in [3.05, 3.63) is 53.2 Å². The fraction of sp³-hybridized carbons (Fsp3) is 0.294. The minimum Gasteiger partial charge on any atom is -0.473 e. The Kier molecular flexibility index (Phi) is 4.64. The van der Waals surface area contributed by atoms with Gasteiger partial charge >= 0.3 is 6.03 Å². The lowest BCUT2D eigenvalue weighted by molar-refractivity contribution is 0.246. The average molecular weight is 327 g/mol. The van der Waals surface area contributed by atoms with Crippen LogP contribution in [0.4, 0.5) is 10.5 Å². The standard InChI is InChI=1S/C17H21N5O2/c1-11-4-3-9-20-16(11)24-10-14-13(12-7-8-12)5-2-6-15(14)22(19)17(23)21-18/h2-6,9,12H,7-8,10,18-19H2,1H3,(H,21,23). The molecule has 0 bridgehead atoms. The highest BCUT2D eigenvalue weighted by atomic mass is 16.5. The summed E-state index contributed by atoms with van der Waals surface area (Å²) in [7, 11) is 0. The normalized spacial score (nSPS) is 13.5. The highest BCUT2D eigenvalue weighted by Gasteiger charge is 2.29. The summed E-state index contributed by atoms with van der Waals surface area (Å²) in [5.74, 6) is 12.2. The number of urea groups is 1. The number of amides is 2. The van der Waals surface area contributed by atoms with Crippen LogP contribution in [0.5, 0.6) is 5.88 Å². The summed E-state index contributed by atoms with van der Waals surface area (Å²) in [6, 6.07) is 8.94. The van der Waals surface area contributed by atoms with Crippen LogP contribution in [0.15, 0.2) is 36.5 Å². The van der Waals surface area contributed by atoms with Crippen LogP contribution in [-0.4, -0.2) is 11.0 Å². The maximum Gasteiger partial charge on any atom is 0.350 e. The highest BCUT2D eigenvalue weighted by Crippen LogP contribution is 2.43. The molecule has 7 heteroatoms. The van der Waals surface area contributed by atoms with Crippen LogP contribution in [0, 0.1) is 6.92 Å². The number of hydrogen-bond donors (Lipinski definition) is 3. The van der Waals surface area contributed by atoms with Crippen LogP contribution in [0.1, 0.15) is 35.4 Å². The van der Waals surface area contributed by atoms with Gasteiger partial charge in [0.15, 0.2) is 0 Å². The summed E-state index contributed by atoms with van der Waals surface area (Å²) in [5, 5.41) is 1.01. The second-order valence-electron chi connectivity index (χ2n) is 5.85. The van der Waals surface area contributed by atoms with Gasteiger partial charge < -0.3 is 4.74 Å². The van der Waals surface area contributed by atoms with Gasteiger partial charge in [-0.3, -0.25) is 5.43 Å². The number of aromatic nitrogens is 1. The van der Waals surface area contributed by atoms with Gasteiger partial charge in [0.05, 0.1) is 5.69 Å². The molecule has 1 aliphatic carbocycles. The highest BCUT2D eigenvalue weighted by molar-refractivity contribution is 5.91. The first kappa shape index (κ1) is 16.2. The Morgan fingerprint density at radius 1 is 1.38 bits per heavy atom. The minimum atomic E-state index is -0.585. The molecule has 0 spiro atoms. The van der Waals surface area contributed by atoms with E-state index in [4.69, 9.17) is 16.4 Å². The Balaban J connectivity index is 1.92. The van der Waals surface area contributed by atoms with Crippen molar-refractivity contribution in [2.24, 2.45) is 11.7 Å². The van der Waals surface area contributed by atoms with Crippen molar-refractivity contribution in [3.63, 3.8) is 0 Å². The Hall–Kier alpha value is -2.64. The molecule has 0 aliphatic heterocycles. The van der Waals surface area contributed by atoms with Gasteiger partial charge in [-0.2, -0.15) is 0 Å². The fourth-order valence-corrected chi connectivity index (χ4v) is 2.69. The Labute approximate surface area is 140 Å². The number of ether oxygens (including phenoxy) is 1. The van der Waals surface area contributed by atoms with Gasteiger partial charge in [0.1, 0.15) is 6.61 Å². The number of benzene rings is 1. The van der Waals surface area contributed by atoms with E-state index in [1.165, 1.54) is 0 Å². The molecule has 0 atom stereocenters. The largest absolute Gasteiger partial charge is 0.473 e. The quantitative estimate of drug-likeness (QED) is 0.443. The third-order valence-corrected chi connectivity index (χ3v) is 4.12. The molecule has 1 aromatic heterocycles. The molecular weight excluding hydrogens is 306 g/mol. The van der Waals surface area contributed by atoms with E-state index >= 15 is 0 Å². The molecule has 0 unspecified atom stereocenters. The van der Waals surface area contributed by atoms with Crippen molar-refractivity contribution in [2.75, 3.05) is 5.01 Å². The van der Waals surface area contributed by atoms with Gasteiger partial charge in [-0.1, -0.05) is 18.2 Å². The van der Waals surface area contributed by atoms with E-state index in [2.05, 4.69) is 11.1 Å². The third kappa shape index (κ3) is 3.32. The van der Waals surface area contributed by atoms with E-state index in [0.29, 0.717) is 17.5 Å². The van der Waals surface area contributed by atoms with Crippen LogP contribution in [0.3, 0.4) is 0 Å². The maximum atomic E-state index is 11.8.